The molecule has 23 heavy (non-hydrogen) atoms. The van der Waals surface area contributed by atoms with Crippen LogP contribution in [-0.2, 0) is 0 Å². The molecular formula is C18H23BrN2OS. The minimum absolute atomic E-state index is 0.321. The Bertz CT molecular complexity index is 606. The SMILES string of the molecule is CCOc1ccc(C(c2ccc(Br)s2)N2CCCNCC2)cc1. The first-order chi connectivity index (χ1) is 11.3. The van der Waals surface area contributed by atoms with Crippen molar-refractivity contribution < 1.29 is 4.74 Å². The summed E-state index contributed by atoms with van der Waals surface area (Å²) in [5.74, 6) is 0.944. The monoisotopic (exact) mass is 394 g/mol. The van der Waals surface area contributed by atoms with Gasteiger partial charge in [-0.05, 0) is 65.6 Å². The van der Waals surface area contributed by atoms with E-state index in [-0.39, 0.29) is 0 Å². The summed E-state index contributed by atoms with van der Waals surface area (Å²) in [6.07, 6.45) is 1.19. The summed E-state index contributed by atoms with van der Waals surface area (Å²) in [6, 6.07) is 13.3. The lowest BCUT2D eigenvalue weighted by Gasteiger charge is -2.30. The van der Waals surface area contributed by atoms with Gasteiger partial charge in [0.1, 0.15) is 5.75 Å². The molecule has 0 radical (unpaired) electrons. The average molecular weight is 395 g/mol. The smallest absolute Gasteiger partial charge is 0.119 e. The van der Waals surface area contributed by atoms with E-state index >= 15 is 0 Å². The highest BCUT2D eigenvalue weighted by molar-refractivity contribution is 9.11. The van der Waals surface area contributed by atoms with Crippen LogP contribution in [0.1, 0.15) is 29.8 Å². The summed E-state index contributed by atoms with van der Waals surface area (Å²) in [5, 5.41) is 3.50. The van der Waals surface area contributed by atoms with Crippen molar-refractivity contribution in [1.82, 2.24) is 10.2 Å². The Balaban J connectivity index is 1.90. The van der Waals surface area contributed by atoms with Crippen molar-refractivity contribution in [2.75, 3.05) is 32.8 Å². The van der Waals surface area contributed by atoms with Crippen molar-refractivity contribution >= 4 is 27.3 Å². The highest BCUT2D eigenvalue weighted by atomic mass is 79.9. The Hall–Kier alpha value is -0.880. The van der Waals surface area contributed by atoms with Crippen molar-refractivity contribution in [3.8, 4) is 5.75 Å². The lowest BCUT2D eigenvalue weighted by Crippen LogP contribution is -2.32. The third-order valence-electron chi connectivity index (χ3n) is 4.11. The molecule has 1 aliphatic heterocycles. The highest BCUT2D eigenvalue weighted by Gasteiger charge is 2.24. The second-order valence-corrected chi connectivity index (χ2v) is 8.18. The molecule has 1 aromatic heterocycles. The number of ether oxygens (including phenoxy) is 1. The lowest BCUT2D eigenvalue weighted by atomic mass is 10.0. The zero-order chi connectivity index (χ0) is 16.1. The van der Waals surface area contributed by atoms with Crippen molar-refractivity contribution in [3.63, 3.8) is 0 Å². The second kappa shape index (κ2) is 8.29. The van der Waals surface area contributed by atoms with E-state index < -0.39 is 0 Å². The minimum atomic E-state index is 0.321. The minimum Gasteiger partial charge on any atom is -0.494 e. The van der Waals surface area contributed by atoms with E-state index in [2.05, 4.69) is 62.5 Å². The number of benzene rings is 1. The molecule has 124 valence electrons. The fourth-order valence-electron chi connectivity index (χ4n) is 3.07. The maximum atomic E-state index is 5.59. The quantitative estimate of drug-likeness (QED) is 0.817. The van der Waals surface area contributed by atoms with Crippen molar-refractivity contribution in [2.24, 2.45) is 0 Å². The molecule has 0 amide bonds. The standard InChI is InChI=1S/C18H23BrN2OS/c1-2-22-15-6-4-14(5-7-15)18(16-8-9-17(19)23-16)21-12-3-10-20-11-13-21/h4-9,18,20H,2-3,10-13H2,1H3. The molecule has 1 unspecified atom stereocenters. The number of rotatable bonds is 5. The van der Waals surface area contributed by atoms with Gasteiger partial charge in [-0.2, -0.15) is 0 Å². The maximum absolute atomic E-state index is 5.59. The van der Waals surface area contributed by atoms with Crippen LogP contribution in [0.4, 0.5) is 0 Å². The molecule has 1 saturated heterocycles. The number of hydrogen-bond acceptors (Lipinski definition) is 4. The Morgan fingerprint density at radius 3 is 2.70 bits per heavy atom. The zero-order valence-electron chi connectivity index (χ0n) is 13.4. The Labute approximate surface area is 150 Å². The molecule has 1 N–H and O–H groups in total. The second-order valence-electron chi connectivity index (χ2n) is 5.69. The topological polar surface area (TPSA) is 24.5 Å². The molecule has 0 spiro atoms. The van der Waals surface area contributed by atoms with Gasteiger partial charge in [-0.1, -0.05) is 12.1 Å². The predicted molar refractivity (Wildman–Crippen MR) is 101 cm³/mol. The van der Waals surface area contributed by atoms with Gasteiger partial charge in [0, 0.05) is 24.5 Å². The van der Waals surface area contributed by atoms with Crippen LogP contribution in [-0.4, -0.2) is 37.7 Å². The van der Waals surface area contributed by atoms with Gasteiger partial charge in [0.05, 0.1) is 16.4 Å². The van der Waals surface area contributed by atoms with Gasteiger partial charge in [-0.15, -0.1) is 11.3 Å². The number of halogens is 1. The summed E-state index contributed by atoms with van der Waals surface area (Å²) < 4.78 is 6.78. The van der Waals surface area contributed by atoms with Crippen LogP contribution in [0, 0.1) is 0 Å². The third-order valence-corrected chi connectivity index (χ3v) is 5.79. The molecule has 0 aliphatic carbocycles. The predicted octanol–water partition coefficient (Wildman–Crippen LogP) is 4.29. The fraction of sp³-hybridized carbons (Fsp3) is 0.444. The lowest BCUT2D eigenvalue weighted by molar-refractivity contribution is 0.243. The first kappa shape index (κ1) is 17.0. The molecule has 1 aliphatic rings. The van der Waals surface area contributed by atoms with E-state index in [0.29, 0.717) is 12.6 Å². The zero-order valence-corrected chi connectivity index (χ0v) is 15.8. The van der Waals surface area contributed by atoms with Crippen LogP contribution in [0.2, 0.25) is 0 Å². The first-order valence-corrected chi connectivity index (χ1v) is 9.81. The fourth-order valence-corrected chi connectivity index (χ4v) is 4.66. The van der Waals surface area contributed by atoms with Gasteiger partial charge in [-0.3, -0.25) is 4.90 Å². The summed E-state index contributed by atoms with van der Waals surface area (Å²) in [4.78, 5) is 3.98. The summed E-state index contributed by atoms with van der Waals surface area (Å²) >= 11 is 5.44. The number of nitrogens with one attached hydrogen (secondary N) is 1. The van der Waals surface area contributed by atoms with Crippen LogP contribution in [0.5, 0.6) is 5.75 Å². The first-order valence-electron chi connectivity index (χ1n) is 8.20. The van der Waals surface area contributed by atoms with Gasteiger partial charge >= 0.3 is 0 Å². The molecule has 3 nitrogen and oxygen atoms in total. The highest BCUT2D eigenvalue weighted by Crippen LogP contribution is 2.36. The number of nitrogens with zero attached hydrogens (tertiary/aromatic N) is 1. The molecule has 2 heterocycles. The van der Waals surface area contributed by atoms with E-state index in [9.17, 15) is 0 Å². The van der Waals surface area contributed by atoms with Crippen molar-refractivity contribution in [2.45, 2.75) is 19.4 Å². The molecule has 0 saturated carbocycles. The van der Waals surface area contributed by atoms with Gasteiger partial charge in [-0.25, -0.2) is 0 Å². The molecule has 3 rings (SSSR count). The Morgan fingerprint density at radius 2 is 2.00 bits per heavy atom. The molecule has 5 heteroatoms. The Kier molecular flexibility index (Phi) is 6.11. The van der Waals surface area contributed by atoms with Gasteiger partial charge < -0.3 is 10.1 Å². The third kappa shape index (κ3) is 4.35. The Morgan fingerprint density at radius 1 is 1.17 bits per heavy atom. The van der Waals surface area contributed by atoms with E-state index in [1.165, 1.54) is 20.6 Å². The number of thiophene rings is 1. The molecule has 1 aromatic carbocycles. The normalized spacial score (nSPS) is 17.7. The van der Waals surface area contributed by atoms with Crippen molar-refractivity contribution in [1.29, 1.82) is 0 Å². The summed E-state index contributed by atoms with van der Waals surface area (Å²) in [5.41, 5.74) is 1.34. The number of hydrogen-bond donors (Lipinski definition) is 1. The van der Waals surface area contributed by atoms with Crippen molar-refractivity contribution in [3.05, 3.63) is 50.6 Å². The van der Waals surface area contributed by atoms with Gasteiger partial charge in [0.25, 0.3) is 0 Å². The molecule has 1 fully saturated rings. The van der Waals surface area contributed by atoms with Crippen LogP contribution in [0.25, 0.3) is 0 Å². The van der Waals surface area contributed by atoms with Crippen LogP contribution in [0.15, 0.2) is 40.2 Å². The van der Waals surface area contributed by atoms with Crippen LogP contribution >= 0.6 is 27.3 Å². The molecule has 0 bridgehead atoms. The summed E-state index contributed by atoms with van der Waals surface area (Å²) in [7, 11) is 0. The van der Waals surface area contributed by atoms with Crippen LogP contribution in [0.3, 0.4) is 0 Å². The van der Waals surface area contributed by atoms with Crippen LogP contribution < -0.4 is 10.1 Å². The van der Waals surface area contributed by atoms with Gasteiger partial charge in [0.2, 0.25) is 0 Å². The summed E-state index contributed by atoms with van der Waals surface area (Å²) in [6.45, 7) is 7.09. The molecule has 2 aromatic rings. The van der Waals surface area contributed by atoms with E-state index in [4.69, 9.17) is 4.74 Å². The maximum Gasteiger partial charge on any atom is 0.119 e. The van der Waals surface area contributed by atoms with E-state index in [1.54, 1.807) is 0 Å². The molecule has 1 atom stereocenters. The van der Waals surface area contributed by atoms with E-state index in [0.717, 1.165) is 31.9 Å². The molecular weight excluding hydrogens is 372 g/mol. The largest absolute Gasteiger partial charge is 0.494 e. The van der Waals surface area contributed by atoms with Gasteiger partial charge in [0.15, 0.2) is 0 Å². The van der Waals surface area contributed by atoms with E-state index in [1.807, 2.05) is 18.3 Å². The average Bonchev–Trinajstić information content (AvgIpc) is 2.82.